The monoisotopic (exact) mass is 446 g/mol. The Labute approximate surface area is 191 Å². The zero-order chi connectivity index (χ0) is 25.1. The summed E-state index contributed by atoms with van der Waals surface area (Å²) in [4.78, 5) is 37.3. The lowest BCUT2D eigenvalue weighted by molar-refractivity contribution is -0.138. The lowest BCUT2D eigenvalue weighted by atomic mass is 9.91. The van der Waals surface area contributed by atoms with Crippen molar-refractivity contribution >= 4 is 18.2 Å². The number of nitrogens with two attached hydrogens (primary N) is 1. The molecule has 0 spiro atoms. The normalized spacial score (nSPS) is 14.2. The summed E-state index contributed by atoms with van der Waals surface area (Å²) < 4.78 is 5.59. The van der Waals surface area contributed by atoms with Gasteiger partial charge in [-0.15, -0.1) is 0 Å². The van der Waals surface area contributed by atoms with Crippen molar-refractivity contribution in [3.63, 3.8) is 0 Å². The van der Waals surface area contributed by atoms with Crippen LogP contribution in [0, 0.1) is 11.8 Å². The molecular formula is C23H50N4O4. The van der Waals surface area contributed by atoms with Gasteiger partial charge >= 0.3 is 0 Å². The topological polar surface area (TPSA) is 105 Å². The molecule has 0 aliphatic rings. The third-order valence-electron chi connectivity index (χ3n) is 5.02. The minimum atomic E-state index is -0.245. The van der Waals surface area contributed by atoms with Gasteiger partial charge in [-0.1, -0.05) is 61.3 Å². The maximum Gasteiger partial charge on any atom is 0.242 e. The first kappa shape index (κ1) is 34.0. The Hall–Kier alpha value is -1.67. The Morgan fingerprint density at radius 3 is 1.77 bits per heavy atom. The molecule has 0 saturated carbocycles. The molecule has 0 aliphatic heterocycles. The van der Waals surface area contributed by atoms with Crippen LogP contribution in [-0.2, 0) is 19.1 Å². The molecule has 3 amide bonds. The summed E-state index contributed by atoms with van der Waals surface area (Å²) in [6.07, 6.45) is 3.29. The van der Waals surface area contributed by atoms with Crippen LogP contribution in [0.5, 0.6) is 0 Å². The molecule has 0 radical (unpaired) electrons. The third kappa shape index (κ3) is 14.1. The van der Waals surface area contributed by atoms with Gasteiger partial charge in [0, 0.05) is 14.2 Å². The lowest BCUT2D eigenvalue weighted by Gasteiger charge is -2.37. The second kappa shape index (κ2) is 20.2. The molecule has 4 unspecified atom stereocenters. The van der Waals surface area contributed by atoms with Crippen molar-refractivity contribution in [2.24, 2.45) is 17.6 Å². The first-order chi connectivity index (χ1) is 14.4. The highest BCUT2D eigenvalue weighted by atomic mass is 16.5. The van der Waals surface area contributed by atoms with Gasteiger partial charge in [-0.25, -0.2) is 0 Å². The minimum absolute atomic E-state index is 0.000790. The van der Waals surface area contributed by atoms with Gasteiger partial charge in [0.1, 0.15) is 0 Å². The van der Waals surface area contributed by atoms with E-state index >= 15 is 0 Å². The van der Waals surface area contributed by atoms with E-state index in [4.69, 9.17) is 9.53 Å². The molecule has 31 heavy (non-hydrogen) atoms. The van der Waals surface area contributed by atoms with E-state index in [0.29, 0.717) is 5.92 Å². The van der Waals surface area contributed by atoms with Gasteiger partial charge in [-0.3, -0.25) is 19.3 Å². The number of carbonyl (C=O) groups is 3. The van der Waals surface area contributed by atoms with Gasteiger partial charge in [0.15, 0.2) is 0 Å². The highest BCUT2D eigenvalue weighted by Gasteiger charge is 2.32. The molecular weight excluding hydrogens is 396 g/mol. The zero-order valence-electron chi connectivity index (χ0n) is 21.9. The zero-order valence-corrected chi connectivity index (χ0v) is 21.9. The molecule has 0 bridgehead atoms. The molecule has 4 atom stereocenters. The van der Waals surface area contributed by atoms with E-state index in [0.717, 1.165) is 12.8 Å². The Morgan fingerprint density at radius 1 is 1.03 bits per heavy atom. The number of carbonyl (C=O) groups excluding carboxylic acids is 3. The van der Waals surface area contributed by atoms with Gasteiger partial charge in [-0.2, -0.15) is 0 Å². The summed E-state index contributed by atoms with van der Waals surface area (Å²) in [5.74, 6) is 0.296. The van der Waals surface area contributed by atoms with Crippen molar-refractivity contribution in [1.82, 2.24) is 15.1 Å². The van der Waals surface area contributed by atoms with Gasteiger partial charge < -0.3 is 20.7 Å². The quantitative estimate of drug-likeness (QED) is 0.475. The van der Waals surface area contributed by atoms with Crippen LogP contribution in [0.15, 0.2) is 0 Å². The fraction of sp³-hybridized carbons (Fsp3) is 0.870. The molecule has 0 fully saturated rings. The van der Waals surface area contributed by atoms with Crippen LogP contribution in [0.25, 0.3) is 0 Å². The molecule has 0 aliphatic carbocycles. The lowest BCUT2D eigenvalue weighted by Crippen LogP contribution is -2.53. The summed E-state index contributed by atoms with van der Waals surface area (Å²) in [6, 6.07) is -0.245. The van der Waals surface area contributed by atoms with Crippen molar-refractivity contribution in [2.75, 3.05) is 34.8 Å². The average molecular weight is 447 g/mol. The predicted octanol–water partition coefficient (Wildman–Crippen LogP) is 2.50. The van der Waals surface area contributed by atoms with Gasteiger partial charge in [0.2, 0.25) is 18.2 Å². The van der Waals surface area contributed by atoms with Crippen LogP contribution in [0.2, 0.25) is 0 Å². The number of primary amides is 1. The summed E-state index contributed by atoms with van der Waals surface area (Å²) in [6.45, 7) is 14.6. The molecule has 186 valence electrons. The second-order valence-corrected chi connectivity index (χ2v) is 8.28. The first-order valence-corrected chi connectivity index (χ1v) is 11.3. The standard InChI is InChI=1S/C19H39N3O3.C3H8.CH3NO/c1-10-14(5)18(15(11-2)25-9)22(8)16(23)12-20-19(24)17(13(3)4)21(6)7;1-3-2;2-1-3/h13-15,17-18H,10-12H2,1-9H3,(H,20,24);3H2,1-2H3;1H,(H2,2,3). The summed E-state index contributed by atoms with van der Waals surface area (Å²) in [7, 11) is 7.25. The number of nitrogens with one attached hydrogen (secondary N) is 1. The Balaban J connectivity index is -0.00000116. The number of amides is 3. The van der Waals surface area contributed by atoms with Gasteiger partial charge in [0.25, 0.3) is 0 Å². The van der Waals surface area contributed by atoms with Crippen LogP contribution in [0.3, 0.4) is 0 Å². The molecule has 0 aromatic carbocycles. The van der Waals surface area contributed by atoms with Crippen molar-refractivity contribution in [3.05, 3.63) is 0 Å². The maximum atomic E-state index is 12.6. The van der Waals surface area contributed by atoms with Crippen LogP contribution in [-0.4, -0.2) is 81.0 Å². The molecule has 0 saturated heterocycles. The van der Waals surface area contributed by atoms with E-state index in [2.05, 4.69) is 45.7 Å². The van der Waals surface area contributed by atoms with Gasteiger partial charge in [0.05, 0.1) is 24.7 Å². The number of nitrogens with zero attached hydrogens (tertiary/aromatic N) is 2. The molecule has 8 nitrogen and oxygen atoms in total. The third-order valence-corrected chi connectivity index (χ3v) is 5.02. The predicted molar refractivity (Wildman–Crippen MR) is 129 cm³/mol. The van der Waals surface area contributed by atoms with Crippen molar-refractivity contribution in [2.45, 2.75) is 85.9 Å². The number of likely N-dealkylation sites (N-methyl/N-ethyl adjacent to an activating group) is 2. The first-order valence-electron chi connectivity index (χ1n) is 11.3. The van der Waals surface area contributed by atoms with Crippen LogP contribution >= 0.6 is 0 Å². The Bertz CT molecular complexity index is 460. The van der Waals surface area contributed by atoms with Crippen LogP contribution in [0.1, 0.15) is 67.7 Å². The smallest absolute Gasteiger partial charge is 0.242 e. The molecule has 0 heterocycles. The molecule has 8 heteroatoms. The van der Waals surface area contributed by atoms with E-state index in [1.165, 1.54) is 6.42 Å². The number of rotatable bonds is 11. The van der Waals surface area contributed by atoms with Crippen LogP contribution in [0.4, 0.5) is 0 Å². The number of methoxy groups -OCH3 is 1. The maximum absolute atomic E-state index is 12.6. The SMILES string of the molecule is CCC.CCC(C)C(C(CC)OC)N(C)C(=O)CNC(=O)C(C(C)C)N(C)C.NC=O. The van der Waals surface area contributed by atoms with Crippen LogP contribution < -0.4 is 11.1 Å². The molecule has 0 rings (SSSR count). The fourth-order valence-corrected chi connectivity index (χ4v) is 3.48. The number of hydrogen-bond acceptors (Lipinski definition) is 5. The Kier molecular flexibility index (Phi) is 22.2. The fourth-order valence-electron chi connectivity index (χ4n) is 3.48. The number of ether oxygens (including phenoxy) is 1. The van der Waals surface area contributed by atoms with E-state index < -0.39 is 0 Å². The highest BCUT2D eigenvalue weighted by Crippen LogP contribution is 2.21. The number of hydrogen-bond donors (Lipinski definition) is 2. The second-order valence-electron chi connectivity index (χ2n) is 8.28. The summed E-state index contributed by atoms with van der Waals surface area (Å²) in [5.41, 5.74) is 4.17. The van der Waals surface area contributed by atoms with Crippen molar-refractivity contribution < 1.29 is 19.1 Å². The van der Waals surface area contributed by atoms with E-state index in [1.807, 2.05) is 32.8 Å². The van der Waals surface area contributed by atoms with Crippen molar-refractivity contribution in [1.29, 1.82) is 0 Å². The van der Waals surface area contributed by atoms with Crippen molar-refractivity contribution in [3.8, 4) is 0 Å². The van der Waals surface area contributed by atoms with E-state index in [-0.39, 0.29) is 48.9 Å². The van der Waals surface area contributed by atoms with E-state index in [1.54, 1.807) is 19.1 Å². The van der Waals surface area contributed by atoms with E-state index in [9.17, 15) is 9.59 Å². The molecule has 0 aromatic rings. The summed E-state index contributed by atoms with van der Waals surface area (Å²) in [5, 5.41) is 2.80. The highest BCUT2D eigenvalue weighted by molar-refractivity contribution is 5.87. The Morgan fingerprint density at radius 2 is 1.48 bits per heavy atom. The molecule has 3 N–H and O–H groups in total. The van der Waals surface area contributed by atoms with Gasteiger partial charge in [-0.05, 0) is 32.4 Å². The average Bonchev–Trinajstić information content (AvgIpc) is 2.69. The largest absolute Gasteiger partial charge is 0.379 e. The minimum Gasteiger partial charge on any atom is -0.379 e. The summed E-state index contributed by atoms with van der Waals surface area (Å²) >= 11 is 0. The molecule has 0 aromatic heterocycles.